The minimum atomic E-state index is -2.77. The number of furan rings is 1. The summed E-state index contributed by atoms with van der Waals surface area (Å²) in [5.74, 6) is 1.17. The number of aromatic nitrogens is 3. The van der Waals surface area contributed by atoms with Crippen LogP contribution in [0.4, 0.5) is 8.78 Å². The van der Waals surface area contributed by atoms with Gasteiger partial charge in [-0.1, -0.05) is 27.7 Å². The zero-order valence-electron chi connectivity index (χ0n) is 13.5. The van der Waals surface area contributed by atoms with Crippen LogP contribution >= 0.6 is 27.7 Å². The molecule has 1 aromatic carbocycles. The third-order valence-corrected chi connectivity index (χ3v) is 4.34. The predicted octanol–water partition coefficient (Wildman–Crippen LogP) is 4.75. The van der Waals surface area contributed by atoms with Crippen LogP contribution in [0.15, 0.2) is 55.5 Å². The van der Waals surface area contributed by atoms with Gasteiger partial charge < -0.3 is 9.15 Å². The van der Waals surface area contributed by atoms with Crippen LogP contribution in [0.2, 0.25) is 0 Å². The first-order chi connectivity index (χ1) is 12.6. The van der Waals surface area contributed by atoms with Crippen molar-refractivity contribution in [1.29, 1.82) is 0 Å². The summed E-state index contributed by atoms with van der Waals surface area (Å²) < 4.78 is 39.0. The van der Waals surface area contributed by atoms with Gasteiger partial charge in [0.05, 0.1) is 6.21 Å². The van der Waals surface area contributed by atoms with Crippen LogP contribution < -0.4 is 4.74 Å². The SMILES string of the molecule is CSc1nnc(C(F)F)n1/N=C/c1ccc(COc2ccc(Br)cc2)o1. The van der Waals surface area contributed by atoms with E-state index in [2.05, 4.69) is 31.2 Å². The minimum Gasteiger partial charge on any atom is -0.486 e. The summed E-state index contributed by atoms with van der Waals surface area (Å²) in [6.07, 6.45) is 0.264. The van der Waals surface area contributed by atoms with Gasteiger partial charge in [0.1, 0.15) is 23.9 Å². The smallest absolute Gasteiger partial charge is 0.299 e. The molecule has 0 N–H and O–H groups in total. The van der Waals surface area contributed by atoms with Crippen molar-refractivity contribution in [3.63, 3.8) is 0 Å². The lowest BCUT2D eigenvalue weighted by Gasteiger charge is -2.03. The monoisotopic (exact) mass is 442 g/mol. The Labute approximate surface area is 160 Å². The Kier molecular flexibility index (Phi) is 6.04. The normalized spacial score (nSPS) is 11.6. The molecule has 0 spiro atoms. The molecule has 2 heterocycles. The number of nitrogens with zero attached hydrogens (tertiary/aromatic N) is 4. The lowest BCUT2D eigenvalue weighted by Crippen LogP contribution is -2.00. The summed E-state index contributed by atoms with van der Waals surface area (Å²) in [5, 5.41) is 11.4. The van der Waals surface area contributed by atoms with E-state index in [-0.39, 0.29) is 11.8 Å². The average molecular weight is 443 g/mol. The molecule has 10 heteroatoms. The van der Waals surface area contributed by atoms with E-state index in [1.54, 1.807) is 18.4 Å². The van der Waals surface area contributed by atoms with Crippen LogP contribution in [-0.4, -0.2) is 27.3 Å². The van der Waals surface area contributed by atoms with E-state index in [4.69, 9.17) is 9.15 Å². The first-order valence-corrected chi connectivity index (χ1v) is 9.37. The van der Waals surface area contributed by atoms with Crippen molar-refractivity contribution < 1.29 is 17.9 Å². The summed E-state index contributed by atoms with van der Waals surface area (Å²) in [6, 6.07) is 10.8. The largest absolute Gasteiger partial charge is 0.486 e. The van der Waals surface area contributed by atoms with Crippen LogP contribution in [0.5, 0.6) is 5.75 Å². The van der Waals surface area contributed by atoms with E-state index in [1.807, 2.05) is 24.3 Å². The van der Waals surface area contributed by atoms with Gasteiger partial charge in [0, 0.05) is 4.47 Å². The molecule has 0 unspecified atom stereocenters. The summed E-state index contributed by atoms with van der Waals surface area (Å²) in [5.41, 5.74) is 0. The van der Waals surface area contributed by atoms with Gasteiger partial charge in [0.15, 0.2) is 0 Å². The number of rotatable bonds is 7. The van der Waals surface area contributed by atoms with Crippen LogP contribution in [0.1, 0.15) is 23.8 Å². The van der Waals surface area contributed by atoms with E-state index in [9.17, 15) is 8.78 Å². The maximum Gasteiger partial charge on any atom is 0.299 e. The number of hydrogen-bond donors (Lipinski definition) is 0. The number of benzene rings is 1. The Bertz CT molecular complexity index is 896. The van der Waals surface area contributed by atoms with Crippen LogP contribution in [-0.2, 0) is 6.61 Å². The zero-order chi connectivity index (χ0) is 18.5. The highest BCUT2D eigenvalue weighted by molar-refractivity contribution is 9.10. The molecule has 0 atom stereocenters. The predicted molar refractivity (Wildman–Crippen MR) is 96.9 cm³/mol. The standard InChI is InChI=1S/C16H13BrF2N4O2S/c1-26-16-22-21-15(14(18)19)23(16)20-8-12-6-7-13(25-12)9-24-11-4-2-10(17)3-5-11/h2-8,14H,9H2,1H3/b20-8+. The van der Waals surface area contributed by atoms with Gasteiger partial charge in [0.25, 0.3) is 6.43 Å². The number of hydrogen-bond acceptors (Lipinski definition) is 6. The second-order valence-corrected chi connectivity index (χ2v) is 6.64. The van der Waals surface area contributed by atoms with Crippen molar-refractivity contribution in [3.05, 3.63) is 58.2 Å². The molecule has 0 aliphatic heterocycles. The molecular weight excluding hydrogens is 430 g/mol. The van der Waals surface area contributed by atoms with Crippen molar-refractivity contribution in [2.45, 2.75) is 18.2 Å². The fourth-order valence-electron chi connectivity index (χ4n) is 1.99. The highest BCUT2D eigenvalue weighted by Gasteiger charge is 2.19. The second-order valence-electron chi connectivity index (χ2n) is 4.95. The molecule has 2 aromatic heterocycles. The van der Waals surface area contributed by atoms with Crippen molar-refractivity contribution in [2.24, 2.45) is 5.10 Å². The lowest BCUT2D eigenvalue weighted by molar-refractivity contribution is 0.135. The second kappa shape index (κ2) is 8.45. The highest BCUT2D eigenvalue weighted by Crippen LogP contribution is 2.22. The van der Waals surface area contributed by atoms with Crippen LogP contribution in [0, 0.1) is 0 Å². The van der Waals surface area contributed by atoms with Crippen molar-refractivity contribution in [1.82, 2.24) is 14.9 Å². The quantitative estimate of drug-likeness (QED) is 0.390. The molecule has 3 aromatic rings. The van der Waals surface area contributed by atoms with Crippen LogP contribution in [0.3, 0.4) is 0 Å². The highest BCUT2D eigenvalue weighted by atomic mass is 79.9. The molecule has 0 saturated heterocycles. The van der Waals surface area contributed by atoms with Crippen molar-refractivity contribution in [3.8, 4) is 5.75 Å². The minimum absolute atomic E-state index is 0.237. The zero-order valence-corrected chi connectivity index (χ0v) is 15.9. The molecule has 3 rings (SSSR count). The first kappa shape index (κ1) is 18.6. The molecule has 26 heavy (non-hydrogen) atoms. The van der Waals surface area contributed by atoms with Gasteiger partial charge in [-0.05, 0) is 42.7 Å². The molecule has 6 nitrogen and oxygen atoms in total. The Morgan fingerprint density at radius 1 is 1.27 bits per heavy atom. The Morgan fingerprint density at radius 2 is 2.04 bits per heavy atom. The van der Waals surface area contributed by atoms with Crippen molar-refractivity contribution in [2.75, 3.05) is 6.26 Å². The summed E-state index contributed by atoms with van der Waals surface area (Å²) in [6.45, 7) is 0.237. The maximum absolute atomic E-state index is 12.9. The summed E-state index contributed by atoms with van der Waals surface area (Å²) in [4.78, 5) is 0. The van der Waals surface area contributed by atoms with Gasteiger partial charge in [-0.3, -0.25) is 0 Å². The molecule has 0 bridgehead atoms. The molecule has 0 aliphatic carbocycles. The van der Waals surface area contributed by atoms with E-state index in [0.29, 0.717) is 17.3 Å². The third-order valence-electron chi connectivity index (χ3n) is 3.19. The fourth-order valence-corrected chi connectivity index (χ4v) is 2.69. The average Bonchev–Trinajstić information content (AvgIpc) is 3.25. The molecule has 0 aliphatic rings. The Morgan fingerprint density at radius 3 is 2.73 bits per heavy atom. The molecule has 0 amide bonds. The number of halogens is 3. The van der Waals surface area contributed by atoms with E-state index in [1.165, 1.54) is 18.0 Å². The van der Waals surface area contributed by atoms with Gasteiger partial charge in [0.2, 0.25) is 11.0 Å². The molecular formula is C16H13BrF2N4O2S. The fraction of sp³-hybridized carbons (Fsp3) is 0.188. The molecule has 0 radical (unpaired) electrons. The number of alkyl halides is 2. The summed E-state index contributed by atoms with van der Waals surface area (Å²) >= 11 is 4.52. The van der Waals surface area contributed by atoms with Gasteiger partial charge in [-0.15, -0.1) is 10.2 Å². The number of ether oxygens (including phenoxy) is 1. The lowest BCUT2D eigenvalue weighted by atomic mass is 10.3. The van der Waals surface area contributed by atoms with Crippen LogP contribution in [0.25, 0.3) is 0 Å². The summed E-state index contributed by atoms with van der Waals surface area (Å²) in [7, 11) is 0. The van der Waals surface area contributed by atoms with Crippen molar-refractivity contribution >= 4 is 33.9 Å². The van der Waals surface area contributed by atoms with E-state index in [0.717, 1.165) is 9.15 Å². The topological polar surface area (TPSA) is 65.4 Å². The number of thioether (sulfide) groups is 1. The Balaban J connectivity index is 1.67. The molecule has 136 valence electrons. The Hall–Kier alpha value is -2.20. The molecule has 0 saturated carbocycles. The van der Waals surface area contributed by atoms with Gasteiger partial charge >= 0.3 is 0 Å². The van der Waals surface area contributed by atoms with Gasteiger partial charge in [-0.25, -0.2) is 8.78 Å². The first-order valence-electron chi connectivity index (χ1n) is 7.35. The van der Waals surface area contributed by atoms with Gasteiger partial charge in [-0.2, -0.15) is 9.78 Å². The molecule has 0 fully saturated rings. The third kappa shape index (κ3) is 4.50. The van der Waals surface area contributed by atoms with E-state index < -0.39 is 12.2 Å². The van der Waals surface area contributed by atoms with E-state index >= 15 is 0 Å². The maximum atomic E-state index is 12.9.